The zero-order chi connectivity index (χ0) is 13.8. The molecule has 0 spiro atoms. The van der Waals surface area contributed by atoms with E-state index in [-0.39, 0.29) is 5.91 Å². The third kappa shape index (κ3) is 2.98. The number of amides is 1. The zero-order valence-electron chi connectivity index (χ0n) is 10.9. The first kappa shape index (κ1) is 14.1. The van der Waals surface area contributed by atoms with Crippen LogP contribution in [0.1, 0.15) is 12.5 Å². The first-order valence-corrected chi connectivity index (χ1v) is 7.24. The SMILES string of the molecule is CCN1C(=O)C(=C(Cc2ccccc2)OC)SC1=S. The molecule has 1 aromatic carbocycles. The number of rotatable bonds is 4. The van der Waals surface area contributed by atoms with E-state index in [1.807, 2.05) is 37.3 Å². The molecule has 1 fully saturated rings. The highest BCUT2D eigenvalue weighted by molar-refractivity contribution is 8.26. The van der Waals surface area contributed by atoms with E-state index in [0.717, 1.165) is 5.56 Å². The Labute approximate surface area is 122 Å². The topological polar surface area (TPSA) is 29.5 Å². The largest absolute Gasteiger partial charge is 0.499 e. The Hall–Kier alpha value is -1.33. The molecule has 0 unspecified atom stereocenters. The lowest BCUT2D eigenvalue weighted by Gasteiger charge is -2.11. The Balaban J connectivity index is 2.28. The molecule has 100 valence electrons. The molecule has 1 aliphatic heterocycles. The first-order chi connectivity index (χ1) is 9.17. The first-order valence-electron chi connectivity index (χ1n) is 6.02. The lowest BCUT2D eigenvalue weighted by molar-refractivity contribution is -0.122. The van der Waals surface area contributed by atoms with Crippen molar-refractivity contribution < 1.29 is 9.53 Å². The van der Waals surface area contributed by atoms with Gasteiger partial charge in [-0.1, -0.05) is 54.3 Å². The van der Waals surface area contributed by atoms with Crippen LogP contribution in [0.25, 0.3) is 0 Å². The van der Waals surface area contributed by atoms with Crippen LogP contribution < -0.4 is 0 Å². The van der Waals surface area contributed by atoms with Gasteiger partial charge in [0, 0.05) is 13.0 Å². The van der Waals surface area contributed by atoms with Gasteiger partial charge in [0.25, 0.3) is 5.91 Å². The van der Waals surface area contributed by atoms with Gasteiger partial charge in [-0.05, 0) is 12.5 Å². The fraction of sp³-hybridized carbons (Fsp3) is 0.286. The third-order valence-corrected chi connectivity index (χ3v) is 4.34. The molecular weight excluding hydrogens is 278 g/mol. The predicted molar refractivity (Wildman–Crippen MR) is 81.8 cm³/mol. The van der Waals surface area contributed by atoms with E-state index < -0.39 is 0 Å². The number of thiocarbonyl (C=S) groups is 1. The average molecular weight is 293 g/mol. The highest BCUT2D eigenvalue weighted by Gasteiger charge is 2.33. The van der Waals surface area contributed by atoms with E-state index in [2.05, 4.69) is 0 Å². The second-order valence-corrected chi connectivity index (χ2v) is 5.68. The van der Waals surface area contributed by atoms with Crippen molar-refractivity contribution >= 4 is 34.2 Å². The van der Waals surface area contributed by atoms with Crippen LogP contribution >= 0.6 is 24.0 Å². The van der Waals surface area contributed by atoms with Gasteiger partial charge in [-0.2, -0.15) is 0 Å². The minimum atomic E-state index is -0.0507. The molecule has 3 nitrogen and oxygen atoms in total. The molecular formula is C14H15NO2S2. The Morgan fingerprint density at radius 2 is 2.05 bits per heavy atom. The van der Waals surface area contributed by atoms with Crippen LogP contribution in [0.15, 0.2) is 41.0 Å². The van der Waals surface area contributed by atoms with Crippen LogP contribution in [-0.2, 0) is 16.0 Å². The van der Waals surface area contributed by atoms with Crippen molar-refractivity contribution in [2.75, 3.05) is 13.7 Å². The minimum absolute atomic E-state index is 0.0507. The second-order valence-electron chi connectivity index (χ2n) is 4.04. The molecule has 0 atom stereocenters. The number of nitrogens with zero attached hydrogens (tertiary/aromatic N) is 1. The fourth-order valence-electron chi connectivity index (χ4n) is 1.87. The Morgan fingerprint density at radius 3 is 2.58 bits per heavy atom. The standard InChI is InChI=1S/C14H15NO2S2/c1-3-15-13(16)12(19-14(15)18)11(17-2)9-10-7-5-4-6-8-10/h4-8H,3,9H2,1-2H3. The predicted octanol–water partition coefficient (Wildman–Crippen LogP) is 2.97. The summed E-state index contributed by atoms with van der Waals surface area (Å²) < 4.78 is 6.00. The van der Waals surface area contributed by atoms with Gasteiger partial charge in [0.2, 0.25) is 0 Å². The number of benzene rings is 1. The smallest absolute Gasteiger partial charge is 0.269 e. The number of ether oxygens (including phenoxy) is 1. The van der Waals surface area contributed by atoms with Crippen LogP contribution in [0, 0.1) is 0 Å². The van der Waals surface area contributed by atoms with Gasteiger partial charge in [0.15, 0.2) is 0 Å². The number of hydrogen-bond donors (Lipinski definition) is 0. The Morgan fingerprint density at radius 1 is 1.37 bits per heavy atom. The van der Waals surface area contributed by atoms with Crippen LogP contribution in [0.2, 0.25) is 0 Å². The van der Waals surface area contributed by atoms with Crippen molar-refractivity contribution in [1.29, 1.82) is 0 Å². The van der Waals surface area contributed by atoms with Crippen LogP contribution in [0.5, 0.6) is 0 Å². The van der Waals surface area contributed by atoms with E-state index in [9.17, 15) is 4.79 Å². The van der Waals surface area contributed by atoms with Crippen molar-refractivity contribution in [1.82, 2.24) is 4.90 Å². The van der Waals surface area contributed by atoms with Crippen molar-refractivity contribution in [2.24, 2.45) is 0 Å². The van der Waals surface area contributed by atoms with E-state index in [4.69, 9.17) is 17.0 Å². The molecule has 1 saturated heterocycles. The van der Waals surface area contributed by atoms with Gasteiger partial charge in [-0.3, -0.25) is 9.69 Å². The number of allylic oxidation sites excluding steroid dienone is 1. The number of hydrogen-bond acceptors (Lipinski definition) is 4. The van der Waals surface area contributed by atoms with E-state index in [1.54, 1.807) is 12.0 Å². The zero-order valence-corrected chi connectivity index (χ0v) is 12.5. The average Bonchev–Trinajstić information content (AvgIpc) is 2.72. The molecule has 1 aliphatic rings. The maximum Gasteiger partial charge on any atom is 0.269 e. The molecule has 0 aromatic heterocycles. The highest BCUT2D eigenvalue weighted by Crippen LogP contribution is 2.34. The normalized spacial score (nSPS) is 17.9. The monoisotopic (exact) mass is 293 g/mol. The van der Waals surface area contributed by atoms with Crippen molar-refractivity contribution in [3.8, 4) is 0 Å². The van der Waals surface area contributed by atoms with Gasteiger partial charge in [-0.15, -0.1) is 0 Å². The molecule has 0 aliphatic carbocycles. The minimum Gasteiger partial charge on any atom is -0.499 e. The molecule has 0 radical (unpaired) electrons. The summed E-state index contributed by atoms with van der Waals surface area (Å²) in [6.07, 6.45) is 0.603. The summed E-state index contributed by atoms with van der Waals surface area (Å²) in [5.41, 5.74) is 1.11. The van der Waals surface area contributed by atoms with Crippen molar-refractivity contribution in [2.45, 2.75) is 13.3 Å². The maximum atomic E-state index is 12.2. The third-order valence-electron chi connectivity index (χ3n) is 2.87. The van der Waals surface area contributed by atoms with Gasteiger partial charge >= 0.3 is 0 Å². The molecule has 5 heteroatoms. The maximum absolute atomic E-state index is 12.2. The highest BCUT2D eigenvalue weighted by atomic mass is 32.2. The number of methoxy groups -OCH3 is 1. The van der Waals surface area contributed by atoms with Crippen molar-refractivity contribution in [3.63, 3.8) is 0 Å². The molecule has 0 N–H and O–H groups in total. The summed E-state index contributed by atoms with van der Waals surface area (Å²) in [6, 6.07) is 9.94. The second kappa shape index (κ2) is 6.21. The lowest BCUT2D eigenvalue weighted by Crippen LogP contribution is -2.27. The summed E-state index contributed by atoms with van der Waals surface area (Å²) in [5, 5.41) is 0. The van der Waals surface area contributed by atoms with Crippen LogP contribution in [0.3, 0.4) is 0 Å². The van der Waals surface area contributed by atoms with Gasteiger partial charge < -0.3 is 4.74 Å². The van der Waals surface area contributed by atoms with Gasteiger partial charge in [0.05, 0.1) is 7.11 Å². The van der Waals surface area contributed by atoms with Gasteiger partial charge in [-0.25, -0.2) is 0 Å². The lowest BCUT2D eigenvalue weighted by atomic mass is 10.1. The van der Waals surface area contributed by atoms with Gasteiger partial charge in [0.1, 0.15) is 15.0 Å². The van der Waals surface area contributed by atoms with E-state index in [1.165, 1.54) is 11.8 Å². The van der Waals surface area contributed by atoms with E-state index >= 15 is 0 Å². The van der Waals surface area contributed by atoms with Crippen LogP contribution in [-0.4, -0.2) is 28.8 Å². The molecule has 1 amide bonds. The summed E-state index contributed by atoms with van der Waals surface area (Å²) in [7, 11) is 1.59. The fourth-order valence-corrected chi connectivity index (χ4v) is 3.29. The molecule has 0 bridgehead atoms. The van der Waals surface area contributed by atoms with Crippen LogP contribution in [0.4, 0.5) is 0 Å². The summed E-state index contributed by atoms with van der Waals surface area (Å²) in [6.45, 7) is 2.51. The molecule has 1 aromatic rings. The Kier molecular flexibility index (Phi) is 4.61. The number of carbonyl (C=O) groups excluding carboxylic acids is 1. The van der Waals surface area contributed by atoms with E-state index in [0.29, 0.717) is 28.0 Å². The number of likely N-dealkylation sites (N-methyl/N-ethyl adjacent to an activating group) is 1. The quantitative estimate of drug-likeness (QED) is 0.485. The molecule has 1 heterocycles. The van der Waals surface area contributed by atoms with Crippen molar-refractivity contribution in [3.05, 3.63) is 46.6 Å². The summed E-state index contributed by atoms with van der Waals surface area (Å²) >= 11 is 6.52. The molecule has 0 saturated carbocycles. The molecule has 2 rings (SSSR count). The molecule has 19 heavy (non-hydrogen) atoms. The summed E-state index contributed by atoms with van der Waals surface area (Å²) in [4.78, 5) is 14.4. The number of thioether (sulfide) groups is 1. The number of carbonyl (C=O) groups is 1. The Bertz CT molecular complexity index is 526. The summed E-state index contributed by atoms with van der Waals surface area (Å²) in [5.74, 6) is 0.629.